The number of rotatable bonds is 3. The maximum Gasteiger partial charge on any atom is 0.145 e. The number of methoxy groups -OCH3 is 1. The van der Waals surface area contributed by atoms with Gasteiger partial charge in [-0.2, -0.15) is 0 Å². The standard InChI is InChI=1S/C5H9BrO2/c1-4(7)5(6)3-8-2/h5H,3H2,1-2H3. The lowest BCUT2D eigenvalue weighted by atomic mass is 10.3. The highest BCUT2D eigenvalue weighted by molar-refractivity contribution is 9.10. The summed E-state index contributed by atoms with van der Waals surface area (Å²) in [4.78, 5) is 10.3. The van der Waals surface area contributed by atoms with Crippen molar-refractivity contribution in [2.45, 2.75) is 11.8 Å². The summed E-state index contributed by atoms with van der Waals surface area (Å²) in [5.74, 6) is 0.104. The topological polar surface area (TPSA) is 26.3 Å². The molecule has 0 fully saturated rings. The molecule has 3 heteroatoms. The molecular formula is C5H9BrO2. The maximum absolute atomic E-state index is 10.4. The molecule has 0 rings (SSSR count). The molecule has 0 heterocycles. The lowest BCUT2D eigenvalue weighted by Crippen LogP contribution is -2.15. The summed E-state index contributed by atoms with van der Waals surface area (Å²) in [5.41, 5.74) is 0. The second-order valence-electron chi connectivity index (χ2n) is 1.53. The highest BCUT2D eigenvalue weighted by Crippen LogP contribution is 1.99. The van der Waals surface area contributed by atoms with Crippen LogP contribution in [-0.4, -0.2) is 24.3 Å². The third kappa shape index (κ3) is 3.16. The molecule has 0 aliphatic carbocycles. The number of ketones is 1. The van der Waals surface area contributed by atoms with Crippen molar-refractivity contribution in [1.82, 2.24) is 0 Å². The van der Waals surface area contributed by atoms with Crippen LogP contribution in [0.4, 0.5) is 0 Å². The quantitative estimate of drug-likeness (QED) is 0.606. The summed E-state index contributed by atoms with van der Waals surface area (Å²) in [6.45, 7) is 1.98. The van der Waals surface area contributed by atoms with Crippen LogP contribution >= 0.6 is 15.9 Å². The Bertz CT molecular complexity index is 82.5. The normalized spacial score (nSPS) is 13.4. The van der Waals surface area contributed by atoms with Crippen LogP contribution in [0.3, 0.4) is 0 Å². The molecule has 0 bridgehead atoms. The Morgan fingerprint density at radius 3 is 2.50 bits per heavy atom. The van der Waals surface area contributed by atoms with Crippen LogP contribution in [0.25, 0.3) is 0 Å². The summed E-state index contributed by atoms with van der Waals surface area (Å²) < 4.78 is 4.70. The van der Waals surface area contributed by atoms with E-state index in [-0.39, 0.29) is 10.6 Å². The highest BCUT2D eigenvalue weighted by atomic mass is 79.9. The number of hydrogen-bond acceptors (Lipinski definition) is 2. The Labute approximate surface area is 57.3 Å². The number of hydrogen-bond donors (Lipinski definition) is 0. The first-order chi connectivity index (χ1) is 3.68. The van der Waals surface area contributed by atoms with E-state index in [2.05, 4.69) is 15.9 Å². The van der Waals surface area contributed by atoms with Crippen LogP contribution in [0, 0.1) is 0 Å². The summed E-state index contributed by atoms with van der Waals surface area (Å²) >= 11 is 3.13. The van der Waals surface area contributed by atoms with Crippen LogP contribution in [0.2, 0.25) is 0 Å². The molecule has 2 nitrogen and oxygen atoms in total. The molecule has 0 aromatic carbocycles. The number of halogens is 1. The summed E-state index contributed by atoms with van der Waals surface area (Å²) in [7, 11) is 1.57. The molecule has 1 unspecified atom stereocenters. The van der Waals surface area contributed by atoms with E-state index in [0.29, 0.717) is 6.61 Å². The lowest BCUT2D eigenvalue weighted by Gasteiger charge is -2.00. The fraction of sp³-hybridized carbons (Fsp3) is 0.800. The van der Waals surface area contributed by atoms with Crippen LogP contribution < -0.4 is 0 Å². The monoisotopic (exact) mass is 180 g/mol. The van der Waals surface area contributed by atoms with Gasteiger partial charge in [0.2, 0.25) is 0 Å². The molecule has 0 amide bonds. The molecule has 1 atom stereocenters. The van der Waals surface area contributed by atoms with Crippen LogP contribution in [-0.2, 0) is 9.53 Å². The zero-order valence-corrected chi connectivity index (χ0v) is 6.56. The first kappa shape index (κ1) is 8.11. The smallest absolute Gasteiger partial charge is 0.145 e. The van der Waals surface area contributed by atoms with Crippen molar-refractivity contribution in [2.24, 2.45) is 0 Å². The van der Waals surface area contributed by atoms with Gasteiger partial charge in [-0.25, -0.2) is 0 Å². The van der Waals surface area contributed by atoms with E-state index >= 15 is 0 Å². The number of ether oxygens (including phenoxy) is 1. The van der Waals surface area contributed by atoms with Gasteiger partial charge in [0.05, 0.1) is 11.4 Å². The van der Waals surface area contributed by atoms with Crippen molar-refractivity contribution in [3.05, 3.63) is 0 Å². The molecule has 8 heavy (non-hydrogen) atoms. The maximum atomic E-state index is 10.4. The van der Waals surface area contributed by atoms with Crippen LogP contribution in [0.1, 0.15) is 6.92 Å². The van der Waals surface area contributed by atoms with Gasteiger partial charge < -0.3 is 4.74 Å². The first-order valence-electron chi connectivity index (χ1n) is 2.32. The van der Waals surface area contributed by atoms with E-state index in [9.17, 15) is 4.79 Å². The fourth-order valence-corrected chi connectivity index (χ4v) is 0.528. The highest BCUT2D eigenvalue weighted by Gasteiger charge is 2.06. The molecule has 0 aliphatic heterocycles. The molecule has 0 saturated carbocycles. The molecule has 0 radical (unpaired) electrons. The van der Waals surface area contributed by atoms with Gasteiger partial charge in [0, 0.05) is 7.11 Å². The lowest BCUT2D eigenvalue weighted by molar-refractivity contribution is -0.117. The van der Waals surface area contributed by atoms with Gasteiger partial charge in [0.1, 0.15) is 5.78 Å². The van der Waals surface area contributed by atoms with Crippen molar-refractivity contribution in [1.29, 1.82) is 0 Å². The average Bonchev–Trinajstić information content (AvgIpc) is 1.67. The van der Waals surface area contributed by atoms with Crippen LogP contribution in [0.15, 0.2) is 0 Å². The largest absolute Gasteiger partial charge is 0.383 e. The predicted molar refractivity (Wildman–Crippen MR) is 35.3 cm³/mol. The van der Waals surface area contributed by atoms with Gasteiger partial charge in [0.15, 0.2) is 0 Å². The zero-order valence-electron chi connectivity index (χ0n) is 4.98. The fourth-order valence-electron chi connectivity index (χ4n) is 0.264. The van der Waals surface area contributed by atoms with Crippen molar-refractivity contribution in [3.8, 4) is 0 Å². The zero-order chi connectivity index (χ0) is 6.57. The average molecular weight is 181 g/mol. The molecule has 48 valence electrons. The number of carbonyl (C=O) groups is 1. The molecule has 0 aliphatic rings. The molecular weight excluding hydrogens is 172 g/mol. The summed E-state index contributed by atoms with van der Waals surface area (Å²) in [6.07, 6.45) is 0. The second-order valence-corrected chi connectivity index (χ2v) is 2.64. The van der Waals surface area contributed by atoms with Gasteiger partial charge in [-0.1, -0.05) is 15.9 Å². The van der Waals surface area contributed by atoms with Gasteiger partial charge in [-0.3, -0.25) is 4.79 Å². The van der Waals surface area contributed by atoms with Gasteiger partial charge in [0.25, 0.3) is 0 Å². The molecule has 0 spiro atoms. The minimum absolute atomic E-state index is 0.104. The number of Topliss-reactive ketones (excluding diaryl/α,β-unsaturated/α-hetero) is 1. The molecule has 0 N–H and O–H groups in total. The summed E-state index contributed by atoms with van der Waals surface area (Å²) in [6, 6.07) is 0. The second kappa shape index (κ2) is 4.04. The van der Waals surface area contributed by atoms with Gasteiger partial charge in [-0.05, 0) is 6.92 Å². The predicted octanol–water partition coefficient (Wildman–Crippen LogP) is 0.985. The number of alkyl halides is 1. The Morgan fingerprint density at radius 1 is 1.88 bits per heavy atom. The third-order valence-electron chi connectivity index (χ3n) is 0.754. The van der Waals surface area contributed by atoms with Crippen molar-refractivity contribution < 1.29 is 9.53 Å². The SMILES string of the molecule is COCC(Br)C(C)=O. The minimum atomic E-state index is -0.132. The molecule has 0 saturated heterocycles. The van der Waals surface area contributed by atoms with E-state index in [4.69, 9.17) is 4.74 Å². The van der Waals surface area contributed by atoms with E-state index in [1.165, 1.54) is 6.92 Å². The minimum Gasteiger partial charge on any atom is -0.383 e. The Hall–Kier alpha value is 0.110. The van der Waals surface area contributed by atoms with Crippen molar-refractivity contribution in [2.75, 3.05) is 13.7 Å². The summed E-state index contributed by atoms with van der Waals surface area (Å²) in [5, 5.41) is 0. The van der Waals surface area contributed by atoms with E-state index in [1.54, 1.807) is 7.11 Å². The Morgan fingerprint density at radius 2 is 2.38 bits per heavy atom. The Balaban J connectivity index is 3.32. The third-order valence-corrected chi connectivity index (χ3v) is 1.66. The number of carbonyl (C=O) groups excluding carboxylic acids is 1. The van der Waals surface area contributed by atoms with Crippen molar-refractivity contribution in [3.63, 3.8) is 0 Å². The van der Waals surface area contributed by atoms with Crippen LogP contribution in [0.5, 0.6) is 0 Å². The van der Waals surface area contributed by atoms with E-state index in [0.717, 1.165) is 0 Å². The Kier molecular flexibility index (Phi) is 4.09. The molecule has 0 aromatic heterocycles. The van der Waals surface area contributed by atoms with E-state index < -0.39 is 0 Å². The van der Waals surface area contributed by atoms with Gasteiger partial charge in [-0.15, -0.1) is 0 Å². The van der Waals surface area contributed by atoms with E-state index in [1.807, 2.05) is 0 Å². The molecule has 0 aromatic rings. The van der Waals surface area contributed by atoms with Crippen molar-refractivity contribution >= 4 is 21.7 Å². The van der Waals surface area contributed by atoms with Gasteiger partial charge >= 0.3 is 0 Å². The first-order valence-corrected chi connectivity index (χ1v) is 3.23.